The SMILES string of the molecule is Cc1ccc([C@H]2CC(=O)C3=C(C2)Nc2ccccc2N(C(=O)C(F)(F)F)[C@@H]3c2cccc(Br)c2)cc1. The van der Waals surface area contributed by atoms with E-state index >= 15 is 0 Å². The summed E-state index contributed by atoms with van der Waals surface area (Å²) in [5.41, 5.74) is 3.63. The zero-order valence-corrected chi connectivity index (χ0v) is 20.9. The Kier molecular flexibility index (Phi) is 6.24. The smallest absolute Gasteiger partial charge is 0.357 e. The molecule has 1 heterocycles. The van der Waals surface area contributed by atoms with Crippen molar-refractivity contribution in [2.75, 3.05) is 10.2 Å². The number of para-hydroxylation sites is 2. The maximum Gasteiger partial charge on any atom is 0.471 e. The zero-order chi connectivity index (χ0) is 25.6. The van der Waals surface area contributed by atoms with Crippen LogP contribution in [0.1, 0.15) is 41.5 Å². The highest BCUT2D eigenvalue weighted by Crippen LogP contribution is 2.48. The minimum Gasteiger partial charge on any atom is -0.357 e. The summed E-state index contributed by atoms with van der Waals surface area (Å²) in [6.45, 7) is 1.98. The standard InChI is InChI=1S/C28H22BrF3N2O2/c1-16-9-11-17(12-10-16)19-14-22-25(24(35)15-19)26(18-5-4-6-20(29)13-18)34(27(36)28(30,31)32)23-8-3-2-7-21(23)33-22/h2-13,19,26,33H,14-15H2,1H3/t19-,26-/m1/s1. The summed E-state index contributed by atoms with van der Waals surface area (Å²) in [7, 11) is 0. The van der Waals surface area contributed by atoms with Gasteiger partial charge in [-0.2, -0.15) is 13.2 Å². The molecule has 1 amide bonds. The molecule has 5 rings (SSSR count). The summed E-state index contributed by atoms with van der Waals surface area (Å²) in [6, 6.07) is 19.8. The van der Waals surface area contributed by atoms with Crippen molar-refractivity contribution in [1.82, 2.24) is 0 Å². The van der Waals surface area contributed by atoms with Gasteiger partial charge in [0.1, 0.15) is 0 Å². The predicted octanol–water partition coefficient (Wildman–Crippen LogP) is 7.22. The van der Waals surface area contributed by atoms with Crippen molar-refractivity contribution in [1.29, 1.82) is 0 Å². The first kappa shape index (κ1) is 24.3. The predicted molar refractivity (Wildman–Crippen MR) is 136 cm³/mol. The number of carbonyl (C=O) groups is 2. The number of fused-ring (bicyclic) bond motifs is 1. The highest BCUT2D eigenvalue weighted by Gasteiger charge is 2.50. The van der Waals surface area contributed by atoms with Crippen molar-refractivity contribution < 1.29 is 22.8 Å². The number of hydrogen-bond acceptors (Lipinski definition) is 3. The third kappa shape index (κ3) is 4.46. The van der Waals surface area contributed by atoms with E-state index in [2.05, 4.69) is 21.2 Å². The molecule has 2 aliphatic rings. The van der Waals surface area contributed by atoms with E-state index in [1.165, 1.54) is 6.07 Å². The van der Waals surface area contributed by atoms with E-state index in [-0.39, 0.29) is 29.4 Å². The molecule has 0 unspecified atom stereocenters. The molecule has 0 spiro atoms. The number of nitrogens with one attached hydrogen (secondary N) is 1. The minimum absolute atomic E-state index is 0.0684. The Morgan fingerprint density at radius 1 is 0.972 bits per heavy atom. The molecular weight excluding hydrogens is 533 g/mol. The van der Waals surface area contributed by atoms with Crippen LogP contribution < -0.4 is 10.2 Å². The van der Waals surface area contributed by atoms with Gasteiger partial charge in [-0.25, -0.2) is 0 Å². The highest BCUT2D eigenvalue weighted by atomic mass is 79.9. The van der Waals surface area contributed by atoms with Gasteiger partial charge in [-0.15, -0.1) is 0 Å². The third-order valence-electron chi connectivity index (χ3n) is 6.66. The molecule has 0 fully saturated rings. The van der Waals surface area contributed by atoms with Gasteiger partial charge in [0.15, 0.2) is 5.78 Å². The molecule has 3 aromatic rings. The molecule has 8 heteroatoms. The molecule has 3 aromatic carbocycles. The van der Waals surface area contributed by atoms with Crippen LogP contribution in [-0.2, 0) is 9.59 Å². The van der Waals surface area contributed by atoms with Crippen molar-refractivity contribution in [2.45, 2.75) is 37.9 Å². The van der Waals surface area contributed by atoms with Gasteiger partial charge in [0.05, 0.1) is 17.4 Å². The minimum atomic E-state index is -5.13. The number of ketones is 1. The molecule has 36 heavy (non-hydrogen) atoms. The van der Waals surface area contributed by atoms with Crippen LogP contribution >= 0.6 is 15.9 Å². The van der Waals surface area contributed by atoms with Crippen LogP contribution in [0, 0.1) is 6.92 Å². The lowest BCUT2D eigenvalue weighted by molar-refractivity contribution is -0.170. The summed E-state index contributed by atoms with van der Waals surface area (Å²) >= 11 is 3.38. The highest BCUT2D eigenvalue weighted by molar-refractivity contribution is 9.10. The lowest BCUT2D eigenvalue weighted by atomic mass is 9.78. The Bertz CT molecular complexity index is 1380. The molecule has 184 valence electrons. The fourth-order valence-corrected chi connectivity index (χ4v) is 5.43. The summed E-state index contributed by atoms with van der Waals surface area (Å²) in [6.07, 6.45) is -4.57. The quantitative estimate of drug-likeness (QED) is 0.363. The van der Waals surface area contributed by atoms with E-state index in [4.69, 9.17) is 0 Å². The number of carbonyl (C=O) groups excluding carboxylic acids is 2. The Labute approximate surface area is 214 Å². The number of anilines is 2. The Hall–Kier alpha value is -3.39. The zero-order valence-electron chi connectivity index (χ0n) is 19.3. The number of benzene rings is 3. The van der Waals surface area contributed by atoms with Gasteiger partial charge in [0.2, 0.25) is 0 Å². The van der Waals surface area contributed by atoms with Crippen molar-refractivity contribution in [3.05, 3.63) is 105 Å². The number of aryl methyl sites for hydroxylation is 1. The number of rotatable bonds is 2. The van der Waals surface area contributed by atoms with E-state index in [1.54, 1.807) is 42.5 Å². The van der Waals surface area contributed by atoms with Crippen molar-refractivity contribution >= 4 is 39.0 Å². The molecule has 1 aliphatic heterocycles. The number of halogens is 4. The van der Waals surface area contributed by atoms with Crippen LogP contribution in [0.25, 0.3) is 0 Å². The van der Waals surface area contributed by atoms with Gasteiger partial charge in [-0.3, -0.25) is 14.5 Å². The van der Waals surface area contributed by atoms with Crippen molar-refractivity contribution in [3.8, 4) is 0 Å². The fourth-order valence-electron chi connectivity index (χ4n) is 5.02. The van der Waals surface area contributed by atoms with Gasteiger partial charge < -0.3 is 5.32 Å². The summed E-state index contributed by atoms with van der Waals surface area (Å²) in [4.78, 5) is 27.4. The first-order valence-corrected chi connectivity index (χ1v) is 12.3. The van der Waals surface area contributed by atoms with E-state index in [0.29, 0.717) is 27.8 Å². The van der Waals surface area contributed by atoms with E-state index < -0.39 is 18.1 Å². The van der Waals surface area contributed by atoms with Crippen LogP contribution in [0.15, 0.2) is 88.5 Å². The van der Waals surface area contributed by atoms with E-state index in [1.807, 2.05) is 31.2 Å². The second-order valence-corrected chi connectivity index (χ2v) is 10.0. The van der Waals surface area contributed by atoms with Crippen molar-refractivity contribution in [2.24, 2.45) is 0 Å². The average Bonchev–Trinajstić information content (AvgIpc) is 2.98. The summed E-state index contributed by atoms with van der Waals surface area (Å²) in [5, 5.41) is 3.24. The lowest BCUT2D eigenvalue weighted by Gasteiger charge is -2.35. The first-order valence-electron chi connectivity index (χ1n) is 11.5. The molecule has 0 saturated carbocycles. The lowest BCUT2D eigenvalue weighted by Crippen LogP contribution is -2.45. The number of allylic oxidation sites excluding steroid dienone is 1. The number of Topliss-reactive ketones (excluding diaryl/α,β-unsaturated/α-hetero) is 1. The maximum absolute atomic E-state index is 13.9. The largest absolute Gasteiger partial charge is 0.471 e. The molecule has 0 radical (unpaired) electrons. The summed E-state index contributed by atoms with van der Waals surface area (Å²) < 4.78 is 42.5. The second-order valence-electron chi connectivity index (χ2n) is 9.10. The van der Waals surface area contributed by atoms with Gasteiger partial charge in [0, 0.05) is 22.2 Å². The number of nitrogens with zero attached hydrogens (tertiary/aromatic N) is 1. The van der Waals surface area contributed by atoms with Crippen LogP contribution in [-0.4, -0.2) is 17.9 Å². The molecule has 2 atom stereocenters. The molecule has 0 saturated heterocycles. The number of alkyl halides is 3. The first-order chi connectivity index (χ1) is 17.1. The maximum atomic E-state index is 13.9. The molecule has 1 aliphatic carbocycles. The van der Waals surface area contributed by atoms with Gasteiger partial charge in [-0.05, 0) is 54.7 Å². The van der Waals surface area contributed by atoms with Crippen molar-refractivity contribution in [3.63, 3.8) is 0 Å². The Balaban J connectivity index is 1.73. The van der Waals surface area contributed by atoms with Crippen LogP contribution in [0.2, 0.25) is 0 Å². The van der Waals surface area contributed by atoms with Gasteiger partial charge in [0.25, 0.3) is 0 Å². The third-order valence-corrected chi connectivity index (χ3v) is 7.16. The summed E-state index contributed by atoms with van der Waals surface area (Å²) in [5.74, 6) is -2.44. The monoisotopic (exact) mass is 554 g/mol. The molecule has 4 nitrogen and oxygen atoms in total. The fraction of sp³-hybridized carbons (Fsp3) is 0.214. The molecule has 1 N–H and O–H groups in total. The average molecular weight is 555 g/mol. The molecule has 0 bridgehead atoms. The number of hydrogen-bond donors (Lipinski definition) is 1. The van der Waals surface area contributed by atoms with E-state index in [0.717, 1.165) is 16.0 Å². The van der Waals surface area contributed by atoms with Gasteiger partial charge in [-0.1, -0.05) is 70.0 Å². The van der Waals surface area contributed by atoms with Crippen LogP contribution in [0.4, 0.5) is 24.5 Å². The number of amides is 1. The topological polar surface area (TPSA) is 49.4 Å². The molecular formula is C28H22BrF3N2O2. The van der Waals surface area contributed by atoms with Crippen LogP contribution in [0.5, 0.6) is 0 Å². The Morgan fingerprint density at radius 2 is 1.69 bits per heavy atom. The van der Waals surface area contributed by atoms with E-state index in [9.17, 15) is 22.8 Å². The van der Waals surface area contributed by atoms with Gasteiger partial charge >= 0.3 is 12.1 Å². The Morgan fingerprint density at radius 3 is 2.39 bits per heavy atom. The second kappa shape index (κ2) is 9.24. The normalized spacial score (nSPS) is 19.8. The molecule has 0 aromatic heterocycles. The van der Waals surface area contributed by atoms with Crippen LogP contribution in [0.3, 0.4) is 0 Å².